The molecule has 36 heavy (non-hydrogen) atoms. The number of methoxy groups -OCH3 is 2. The van der Waals surface area contributed by atoms with Crippen molar-refractivity contribution >= 4 is 29.4 Å². The third-order valence-electron chi connectivity index (χ3n) is 5.32. The van der Waals surface area contributed by atoms with E-state index in [1.807, 2.05) is 0 Å². The van der Waals surface area contributed by atoms with Gasteiger partial charge in [0.2, 0.25) is 11.8 Å². The first-order valence-electron chi connectivity index (χ1n) is 10.8. The number of rotatable bonds is 11. The summed E-state index contributed by atoms with van der Waals surface area (Å²) >= 11 is 0. The van der Waals surface area contributed by atoms with Crippen LogP contribution in [-0.2, 0) is 35.1 Å². The number of nitro groups is 1. The van der Waals surface area contributed by atoms with E-state index in [0.717, 1.165) is 14.2 Å². The van der Waals surface area contributed by atoms with E-state index in [2.05, 4.69) is 10.6 Å². The van der Waals surface area contributed by atoms with E-state index in [-0.39, 0.29) is 18.5 Å². The van der Waals surface area contributed by atoms with Crippen molar-refractivity contribution in [1.29, 1.82) is 0 Å². The molecule has 0 heterocycles. The van der Waals surface area contributed by atoms with E-state index in [0.29, 0.717) is 11.1 Å². The number of carbonyl (C=O) groups excluding carboxylic acids is 4. The number of benzene rings is 2. The van der Waals surface area contributed by atoms with Crippen molar-refractivity contribution in [1.82, 2.24) is 10.6 Å². The van der Waals surface area contributed by atoms with E-state index < -0.39 is 52.5 Å². The van der Waals surface area contributed by atoms with Crippen LogP contribution in [0.5, 0.6) is 0 Å². The highest BCUT2D eigenvalue weighted by atomic mass is 19.1. The Hall–Kier alpha value is -4.35. The van der Waals surface area contributed by atoms with E-state index in [4.69, 9.17) is 9.47 Å². The molecule has 0 fully saturated rings. The summed E-state index contributed by atoms with van der Waals surface area (Å²) in [4.78, 5) is 60.2. The smallest absolute Gasteiger partial charge is 0.329 e. The summed E-state index contributed by atoms with van der Waals surface area (Å²) in [5.41, 5.74) is 0.526. The van der Waals surface area contributed by atoms with Crippen LogP contribution in [0.25, 0.3) is 0 Å². The molecule has 0 aromatic heterocycles. The number of ether oxygens (including phenoxy) is 2. The molecule has 2 aromatic carbocycles. The molecule has 0 radical (unpaired) electrons. The topological polar surface area (TPSA) is 154 Å². The molecule has 2 aromatic rings. The van der Waals surface area contributed by atoms with Crippen LogP contribution in [0.4, 0.5) is 10.1 Å². The van der Waals surface area contributed by atoms with Gasteiger partial charge in [-0.15, -0.1) is 0 Å². The summed E-state index contributed by atoms with van der Waals surface area (Å²) in [5, 5.41) is 16.0. The monoisotopic (exact) mass is 503 g/mol. The normalized spacial score (nSPS) is 13.0. The van der Waals surface area contributed by atoms with Crippen LogP contribution in [0.3, 0.4) is 0 Å². The fraction of sp³-hybridized carbons (Fsp3) is 0.333. The van der Waals surface area contributed by atoms with Crippen LogP contribution in [0, 0.1) is 15.9 Å². The largest absolute Gasteiger partial charge is 0.469 e. The van der Waals surface area contributed by atoms with Gasteiger partial charge >= 0.3 is 11.9 Å². The van der Waals surface area contributed by atoms with Crippen LogP contribution < -0.4 is 10.6 Å². The van der Waals surface area contributed by atoms with Crippen LogP contribution in [0.1, 0.15) is 30.4 Å². The minimum atomic E-state index is -1.42. The predicted octanol–water partition coefficient (Wildman–Crippen LogP) is 1.79. The lowest BCUT2D eigenvalue weighted by atomic mass is 9.87. The van der Waals surface area contributed by atoms with Gasteiger partial charge in [-0.25, -0.2) is 9.18 Å². The Bertz CT molecular complexity index is 1120. The van der Waals surface area contributed by atoms with Crippen molar-refractivity contribution in [3.63, 3.8) is 0 Å². The molecule has 2 rings (SSSR count). The van der Waals surface area contributed by atoms with Crippen LogP contribution in [0.15, 0.2) is 48.5 Å². The zero-order valence-electron chi connectivity index (χ0n) is 19.9. The molecule has 0 saturated carbocycles. The van der Waals surface area contributed by atoms with Gasteiger partial charge in [0.1, 0.15) is 17.9 Å². The number of carbonyl (C=O) groups is 4. The molecule has 0 unspecified atom stereocenters. The SMILES string of the molecule is COC(=O)C[C@H](c1ccc([N+](=O)[O-])cc1)[C@@H](NC(=O)[C@H](Cc1cccc(F)c1)NC(C)=O)C(=O)OC. The molecule has 0 bridgehead atoms. The highest BCUT2D eigenvalue weighted by Crippen LogP contribution is 2.27. The first-order chi connectivity index (χ1) is 17.0. The van der Waals surface area contributed by atoms with Crippen LogP contribution in [-0.4, -0.2) is 55.0 Å². The molecule has 11 nitrogen and oxygen atoms in total. The number of amides is 2. The van der Waals surface area contributed by atoms with Crippen LogP contribution in [0.2, 0.25) is 0 Å². The zero-order valence-corrected chi connectivity index (χ0v) is 19.9. The zero-order chi connectivity index (χ0) is 26.8. The summed E-state index contributed by atoms with van der Waals surface area (Å²) in [5.74, 6) is -4.49. The lowest BCUT2D eigenvalue weighted by Crippen LogP contribution is -2.54. The number of hydrogen-bond donors (Lipinski definition) is 2. The number of nitrogens with one attached hydrogen (secondary N) is 2. The number of nitrogens with zero attached hydrogens (tertiary/aromatic N) is 1. The lowest BCUT2D eigenvalue weighted by molar-refractivity contribution is -0.384. The second-order valence-electron chi connectivity index (χ2n) is 7.83. The van der Waals surface area contributed by atoms with E-state index in [1.54, 1.807) is 6.07 Å². The average molecular weight is 503 g/mol. The highest BCUT2D eigenvalue weighted by molar-refractivity contribution is 5.91. The minimum absolute atomic E-state index is 0.0870. The average Bonchev–Trinajstić information content (AvgIpc) is 2.84. The molecule has 0 saturated heterocycles. The lowest BCUT2D eigenvalue weighted by Gasteiger charge is -2.28. The maximum atomic E-state index is 13.6. The Labute approximate surface area is 206 Å². The molecule has 0 aliphatic heterocycles. The molecule has 12 heteroatoms. The van der Waals surface area contributed by atoms with Gasteiger partial charge in [0.25, 0.3) is 5.69 Å². The van der Waals surface area contributed by atoms with Gasteiger partial charge in [-0.3, -0.25) is 24.5 Å². The third kappa shape index (κ3) is 7.86. The highest BCUT2D eigenvalue weighted by Gasteiger charge is 2.36. The van der Waals surface area contributed by atoms with Gasteiger partial charge in [0.05, 0.1) is 25.6 Å². The van der Waals surface area contributed by atoms with Gasteiger partial charge < -0.3 is 20.1 Å². The van der Waals surface area contributed by atoms with Gasteiger partial charge in [0.15, 0.2) is 0 Å². The van der Waals surface area contributed by atoms with Gasteiger partial charge in [-0.05, 0) is 23.3 Å². The van der Waals surface area contributed by atoms with Gasteiger partial charge in [-0.2, -0.15) is 0 Å². The Morgan fingerprint density at radius 3 is 2.22 bits per heavy atom. The van der Waals surface area contributed by atoms with E-state index >= 15 is 0 Å². The summed E-state index contributed by atoms with van der Waals surface area (Å²) < 4.78 is 23.2. The summed E-state index contributed by atoms with van der Waals surface area (Å²) in [7, 11) is 2.23. The maximum absolute atomic E-state index is 13.6. The van der Waals surface area contributed by atoms with Gasteiger partial charge in [-0.1, -0.05) is 24.3 Å². The van der Waals surface area contributed by atoms with Crippen molar-refractivity contribution in [2.24, 2.45) is 0 Å². The Morgan fingerprint density at radius 1 is 1.03 bits per heavy atom. The molecular weight excluding hydrogens is 477 g/mol. The minimum Gasteiger partial charge on any atom is -0.469 e. The second-order valence-corrected chi connectivity index (χ2v) is 7.83. The first-order valence-corrected chi connectivity index (χ1v) is 10.8. The number of nitro benzene ring substituents is 1. The first kappa shape index (κ1) is 27.9. The molecule has 0 aliphatic rings. The molecule has 2 N–H and O–H groups in total. The fourth-order valence-electron chi connectivity index (χ4n) is 3.59. The Balaban J connectivity index is 2.42. The molecular formula is C24H26FN3O8. The van der Waals surface area contributed by atoms with Gasteiger partial charge in [0, 0.05) is 31.4 Å². The van der Waals surface area contributed by atoms with Crippen molar-refractivity contribution in [3.05, 3.63) is 75.6 Å². The Kier molecular flexibility index (Phi) is 10.0. The van der Waals surface area contributed by atoms with Crippen molar-refractivity contribution in [2.45, 2.75) is 37.8 Å². The molecule has 0 spiro atoms. The summed E-state index contributed by atoms with van der Waals surface area (Å²) in [6, 6.07) is 7.94. The number of esters is 2. The Morgan fingerprint density at radius 2 is 1.69 bits per heavy atom. The number of hydrogen-bond acceptors (Lipinski definition) is 8. The second kappa shape index (κ2) is 12.9. The maximum Gasteiger partial charge on any atom is 0.329 e. The van der Waals surface area contributed by atoms with Crippen LogP contribution >= 0.6 is 0 Å². The van der Waals surface area contributed by atoms with E-state index in [9.17, 15) is 33.7 Å². The van der Waals surface area contributed by atoms with Crippen molar-refractivity contribution in [2.75, 3.05) is 14.2 Å². The molecule has 192 valence electrons. The number of non-ortho nitro benzene ring substituents is 1. The molecule has 2 amide bonds. The van der Waals surface area contributed by atoms with Crippen molar-refractivity contribution < 1.29 is 38.0 Å². The van der Waals surface area contributed by atoms with Crippen molar-refractivity contribution in [3.8, 4) is 0 Å². The molecule has 0 aliphatic carbocycles. The van der Waals surface area contributed by atoms with E-state index in [1.165, 1.54) is 49.4 Å². The molecule has 3 atom stereocenters. The quantitative estimate of drug-likeness (QED) is 0.267. The fourth-order valence-corrected chi connectivity index (χ4v) is 3.59. The number of halogens is 1. The third-order valence-corrected chi connectivity index (χ3v) is 5.32. The summed E-state index contributed by atoms with van der Waals surface area (Å²) in [6.45, 7) is 1.20. The summed E-state index contributed by atoms with van der Waals surface area (Å²) in [6.07, 6.45) is -0.459. The predicted molar refractivity (Wildman–Crippen MR) is 124 cm³/mol. The standard InChI is InChI=1S/C24H26FN3O8/c1-14(29)26-20(12-15-5-4-6-17(25)11-15)23(31)27-22(24(32)36-3)19(13-21(30)35-2)16-7-9-18(10-8-16)28(33)34/h4-11,19-20,22H,12-13H2,1-3H3,(H,26,29)(H,27,31)/t19-,20+,22-/m1/s1.